The normalized spacial score (nSPS) is 24.5. The molecule has 0 aromatic heterocycles. The Balaban J connectivity index is 1.63. The first-order chi connectivity index (χ1) is 11.1. The van der Waals surface area contributed by atoms with Gasteiger partial charge in [0.1, 0.15) is 5.82 Å². The Labute approximate surface area is 135 Å². The molecule has 5 heteroatoms. The molecular formula is C18H22FNO3. The van der Waals surface area contributed by atoms with E-state index in [0.717, 1.165) is 24.9 Å². The molecule has 3 rings (SSSR count). The van der Waals surface area contributed by atoms with E-state index in [4.69, 9.17) is 4.74 Å². The number of aliphatic carboxylic acids is 1. The molecule has 4 nitrogen and oxygen atoms in total. The third-order valence-electron chi connectivity index (χ3n) is 5.05. The van der Waals surface area contributed by atoms with Gasteiger partial charge in [-0.2, -0.15) is 0 Å². The summed E-state index contributed by atoms with van der Waals surface area (Å²) in [6.07, 6.45) is 5.61. The molecular weight excluding hydrogens is 297 g/mol. The lowest BCUT2D eigenvalue weighted by Gasteiger charge is -2.36. The van der Waals surface area contributed by atoms with E-state index in [0.29, 0.717) is 26.3 Å². The van der Waals surface area contributed by atoms with Gasteiger partial charge in [-0.15, -0.1) is 0 Å². The molecule has 0 amide bonds. The summed E-state index contributed by atoms with van der Waals surface area (Å²) >= 11 is 0. The van der Waals surface area contributed by atoms with Gasteiger partial charge in [-0.05, 0) is 30.5 Å². The van der Waals surface area contributed by atoms with Crippen LogP contribution in [0.15, 0.2) is 30.3 Å². The number of hydrogen-bond acceptors (Lipinski definition) is 3. The molecule has 2 aliphatic rings. The van der Waals surface area contributed by atoms with E-state index < -0.39 is 5.97 Å². The van der Waals surface area contributed by atoms with Crippen LogP contribution in [-0.4, -0.2) is 48.8 Å². The van der Waals surface area contributed by atoms with Crippen LogP contribution in [0.4, 0.5) is 4.39 Å². The van der Waals surface area contributed by atoms with Crippen LogP contribution < -0.4 is 0 Å². The molecule has 1 aromatic rings. The largest absolute Gasteiger partial charge is 0.481 e. The Hall–Kier alpha value is -1.72. The van der Waals surface area contributed by atoms with Crippen LogP contribution in [0, 0.1) is 17.2 Å². The Morgan fingerprint density at radius 2 is 2.04 bits per heavy atom. The van der Waals surface area contributed by atoms with Crippen LogP contribution >= 0.6 is 0 Å². The molecule has 124 valence electrons. The number of nitrogens with zero attached hydrogens (tertiary/aromatic N) is 1. The fourth-order valence-electron chi connectivity index (χ4n) is 3.75. The fraction of sp³-hybridized carbons (Fsp3) is 0.500. The van der Waals surface area contributed by atoms with Crippen molar-refractivity contribution >= 4 is 12.0 Å². The van der Waals surface area contributed by atoms with E-state index in [-0.39, 0.29) is 17.2 Å². The summed E-state index contributed by atoms with van der Waals surface area (Å²) in [5.41, 5.74) is 0.800. The maximum Gasteiger partial charge on any atom is 0.308 e. The number of hydrogen-bond donors (Lipinski definition) is 1. The number of rotatable bonds is 4. The van der Waals surface area contributed by atoms with Crippen molar-refractivity contribution in [2.75, 3.05) is 32.8 Å². The van der Waals surface area contributed by atoms with Crippen molar-refractivity contribution in [3.63, 3.8) is 0 Å². The number of carboxylic acids is 1. The van der Waals surface area contributed by atoms with Crippen molar-refractivity contribution in [2.45, 2.75) is 12.8 Å². The summed E-state index contributed by atoms with van der Waals surface area (Å²) in [4.78, 5) is 13.8. The third kappa shape index (κ3) is 3.62. The molecule has 23 heavy (non-hydrogen) atoms. The molecule has 1 N–H and O–H groups in total. The standard InChI is InChI=1S/C18H22FNO3/c19-15-5-3-14(4-6-15)2-1-9-20-12-16(17(21)22)18(13-20)7-10-23-11-8-18/h1-6,16H,7-13H2,(H,21,22). The van der Waals surface area contributed by atoms with Crippen LogP contribution in [0.1, 0.15) is 18.4 Å². The first-order valence-electron chi connectivity index (χ1n) is 8.04. The van der Waals surface area contributed by atoms with Crippen LogP contribution in [0.2, 0.25) is 0 Å². The monoisotopic (exact) mass is 319 g/mol. The fourth-order valence-corrected chi connectivity index (χ4v) is 3.75. The van der Waals surface area contributed by atoms with E-state index in [1.165, 1.54) is 12.1 Å². The predicted molar refractivity (Wildman–Crippen MR) is 85.5 cm³/mol. The average Bonchev–Trinajstić information content (AvgIpc) is 2.88. The topological polar surface area (TPSA) is 49.8 Å². The number of benzene rings is 1. The van der Waals surface area contributed by atoms with Crippen molar-refractivity contribution in [1.82, 2.24) is 4.90 Å². The Kier molecular flexibility index (Phi) is 4.78. The summed E-state index contributed by atoms with van der Waals surface area (Å²) in [6.45, 7) is 3.42. The second-order valence-electron chi connectivity index (χ2n) is 6.51. The van der Waals surface area contributed by atoms with Crippen molar-refractivity contribution < 1.29 is 19.0 Å². The lowest BCUT2D eigenvalue weighted by Crippen LogP contribution is -2.40. The molecule has 1 aromatic carbocycles. The molecule has 1 unspecified atom stereocenters. The minimum absolute atomic E-state index is 0.145. The van der Waals surface area contributed by atoms with Gasteiger partial charge < -0.3 is 9.84 Å². The van der Waals surface area contributed by atoms with Crippen LogP contribution in [0.25, 0.3) is 6.08 Å². The zero-order valence-electron chi connectivity index (χ0n) is 13.1. The second kappa shape index (κ2) is 6.81. The number of carboxylic acid groups (broad SMARTS) is 1. The maximum atomic E-state index is 12.9. The highest BCUT2D eigenvalue weighted by atomic mass is 19.1. The molecule has 1 atom stereocenters. The number of halogens is 1. The van der Waals surface area contributed by atoms with Crippen molar-refractivity contribution in [3.05, 3.63) is 41.7 Å². The van der Waals surface area contributed by atoms with Crippen LogP contribution in [0.3, 0.4) is 0 Å². The highest BCUT2D eigenvalue weighted by molar-refractivity contribution is 5.72. The second-order valence-corrected chi connectivity index (χ2v) is 6.51. The van der Waals surface area contributed by atoms with Gasteiger partial charge in [0.25, 0.3) is 0 Å². The minimum atomic E-state index is -0.697. The van der Waals surface area contributed by atoms with Crippen molar-refractivity contribution in [1.29, 1.82) is 0 Å². The van der Waals surface area contributed by atoms with Crippen molar-refractivity contribution in [2.24, 2.45) is 11.3 Å². The first kappa shape index (κ1) is 16.1. The molecule has 2 aliphatic heterocycles. The van der Waals surface area contributed by atoms with E-state index in [9.17, 15) is 14.3 Å². The molecule has 0 saturated carbocycles. The summed E-state index contributed by atoms with van der Waals surface area (Å²) < 4.78 is 18.3. The van der Waals surface area contributed by atoms with E-state index in [2.05, 4.69) is 4.90 Å². The summed E-state index contributed by atoms with van der Waals surface area (Å²) in [5.74, 6) is -1.25. The minimum Gasteiger partial charge on any atom is -0.481 e. The van der Waals surface area contributed by atoms with E-state index in [1.54, 1.807) is 12.1 Å². The number of carbonyl (C=O) groups is 1. The molecule has 2 saturated heterocycles. The summed E-state index contributed by atoms with van der Waals surface area (Å²) in [6, 6.07) is 6.34. The average molecular weight is 319 g/mol. The summed E-state index contributed by atoms with van der Waals surface area (Å²) in [7, 11) is 0. The molecule has 1 spiro atoms. The smallest absolute Gasteiger partial charge is 0.308 e. The molecule has 0 bridgehead atoms. The third-order valence-corrected chi connectivity index (χ3v) is 5.05. The van der Waals surface area contributed by atoms with E-state index in [1.807, 2.05) is 12.2 Å². The Bertz CT molecular complexity index is 578. The maximum absolute atomic E-state index is 12.9. The molecule has 0 radical (unpaired) electrons. The van der Waals surface area contributed by atoms with Gasteiger partial charge in [-0.1, -0.05) is 24.3 Å². The van der Waals surface area contributed by atoms with Gasteiger partial charge in [-0.25, -0.2) is 4.39 Å². The van der Waals surface area contributed by atoms with Gasteiger partial charge in [0.2, 0.25) is 0 Å². The Morgan fingerprint density at radius 1 is 1.35 bits per heavy atom. The molecule has 0 aliphatic carbocycles. The van der Waals surface area contributed by atoms with Gasteiger partial charge in [-0.3, -0.25) is 9.69 Å². The Morgan fingerprint density at radius 3 is 2.70 bits per heavy atom. The highest BCUT2D eigenvalue weighted by Crippen LogP contribution is 2.44. The van der Waals surface area contributed by atoms with Gasteiger partial charge >= 0.3 is 5.97 Å². The SMILES string of the molecule is O=C(O)C1CN(CC=Cc2ccc(F)cc2)CC12CCOCC2. The first-order valence-corrected chi connectivity index (χ1v) is 8.04. The number of ether oxygens (including phenoxy) is 1. The number of likely N-dealkylation sites (tertiary alicyclic amines) is 1. The van der Waals surface area contributed by atoms with Gasteiger partial charge in [0.15, 0.2) is 0 Å². The van der Waals surface area contributed by atoms with Crippen LogP contribution in [-0.2, 0) is 9.53 Å². The van der Waals surface area contributed by atoms with E-state index >= 15 is 0 Å². The highest BCUT2D eigenvalue weighted by Gasteiger charge is 2.50. The molecule has 2 fully saturated rings. The zero-order chi connectivity index (χ0) is 16.3. The predicted octanol–water partition coefficient (Wildman–Crippen LogP) is 2.65. The van der Waals surface area contributed by atoms with Crippen molar-refractivity contribution in [3.8, 4) is 0 Å². The lowest BCUT2D eigenvalue weighted by atomic mass is 9.72. The van der Waals surface area contributed by atoms with Gasteiger partial charge in [0.05, 0.1) is 5.92 Å². The quantitative estimate of drug-likeness (QED) is 0.927. The molecule has 2 heterocycles. The van der Waals surface area contributed by atoms with Gasteiger partial charge in [0, 0.05) is 38.3 Å². The zero-order valence-corrected chi connectivity index (χ0v) is 13.1. The lowest BCUT2D eigenvalue weighted by molar-refractivity contribution is -0.146. The summed E-state index contributed by atoms with van der Waals surface area (Å²) in [5, 5.41) is 9.56. The van der Waals surface area contributed by atoms with Crippen LogP contribution in [0.5, 0.6) is 0 Å².